The summed E-state index contributed by atoms with van der Waals surface area (Å²) in [6.45, 7) is 6.02. The highest BCUT2D eigenvalue weighted by molar-refractivity contribution is 4.93. The van der Waals surface area contributed by atoms with Gasteiger partial charge in [0, 0.05) is 33.2 Å². The van der Waals surface area contributed by atoms with Crippen molar-refractivity contribution in [2.75, 3.05) is 26.9 Å². The molecule has 0 aliphatic carbocycles. The average Bonchev–Trinajstić information content (AvgIpc) is 2.26. The van der Waals surface area contributed by atoms with Crippen molar-refractivity contribution in [3.63, 3.8) is 0 Å². The van der Waals surface area contributed by atoms with Crippen LogP contribution < -0.4 is 5.73 Å². The molecule has 1 aliphatic heterocycles. The van der Waals surface area contributed by atoms with E-state index in [1.165, 1.54) is 0 Å². The van der Waals surface area contributed by atoms with Crippen molar-refractivity contribution in [2.45, 2.75) is 44.4 Å². The van der Waals surface area contributed by atoms with Crippen LogP contribution in [0.15, 0.2) is 0 Å². The van der Waals surface area contributed by atoms with Crippen LogP contribution in [0.1, 0.15) is 26.7 Å². The summed E-state index contributed by atoms with van der Waals surface area (Å²) >= 11 is 0. The Morgan fingerprint density at radius 1 is 1.33 bits per heavy atom. The molecule has 1 unspecified atom stereocenters. The summed E-state index contributed by atoms with van der Waals surface area (Å²) in [5.41, 5.74) is 5.88. The van der Waals surface area contributed by atoms with Crippen molar-refractivity contribution >= 4 is 0 Å². The van der Waals surface area contributed by atoms with Gasteiger partial charge in [0.15, 0.2) is 0 Å². The van der Waals surface area contributed by atoms with Gasteiger partial charge in [0.25, 0.3) is 0 Å². The first kappa shape index (κ1) is 12.9. The quantitative estimate of drug-likeness (QED) is 0.744. The van der Waals surface area contributed by atoms with Crippen LogP contribution in [0.25, 0.3) is 0 Å². The third-order valence-corrected chi connectivity index (χ3v) is 3.03. The molecule has 0 aromatic carbocycles. The number of rotatable bonds is 5. The highest BCUT2D eigenvalue weighted by Crippen LogP contribution is 2.27. The van der Waals surface area contributed by atoms with Crippen LogP contribution in [-0.4, -0.2) is 44.7 Å². The van der Waals surface area contributed by atoms with Gasteiger partial charge < -0.3 is 19.9 Å². The Morgan fingerprint density at radius 2 is 1.93 bits per heavy atom. The summed E-state index contributed by atoms with van der Waals surface area (Å²) in [7, 11) is 1.72. The molecule has 4 heteroatoms. The van der Waals surface area contributed by atoms with E-state index in [9.17, 15) is 0 Å². The lowest BCUT2D eigenvalue weighted by Gasteiger charge is -2.40. The van der Waals surface area contributed by atoms with Crippen molar-refractivity contribution in [3.05, 3.63) is 0 Å². The number of ether oxygens (including phenoxy) is 3. The Kier molecular flexibility index (Phi) is 4.99. The summed E-state index contributed by atoms with van der Waals surface area (Å²) in [6.07, 6.45) is 1.92. The minimum Gasteiger partial charge on any atom is -0.381 e. The molecule has 2 N–H and O–H groups in total. The lowest BCUT2D eigenvalue weighted by atomic mass is 9.87. The van der Waals surface area contributed by atoms with Gasteiger partial charge in [-0.1, -0.05) is 0 Å². The van der Waals surface area contributed by atoms with Crippen LogP contribution in [0.3, 0.4) is 0 Å². The lowest BCUT2D eigenvalue weighted by Crippen LogP contribution is -2.55. The molecule has 1 atom stereocenters. The Hall–Kier alpha value is -0.160. The van der Waals surface area contributed by atoms with Gasteiger partial charge in [-0.3, -0.25) is 0 Å². The van der Waals surface area contributed by atoms with E-state index in [1.54, 1.807) is 7.11 Å². The lowest BCUT2D eigenvalue weighted by molar-refractivity contribution is -0.118. The van der Waals surface area contributed by atoms with Crippen molar-refractivity contribution in [3.8, 4) is 0 Å². The molecule has 15 heavy (non-hydrogen) atoms. The van der Waals surface area contributed by atoms with E-state index in [1.807, 2.05) is 13.8 Å². The number of nitrogens with two attached hydrogens (primary N) is 1. The van der Waals surface area contributed by atoms with E-state index in [4.69, 9.17) is 19.9 Å². The zero-order chi connectivity index (χ0) is 11.3. The third kappa shape index (κ3) is 3.41. The summed E-state index contributed by atoms with van der Waals surface area (Å²) < 4.78 is 16.5. The molecule has 0 aromatic rings. The Balaban J connectivity index is 2.48. The normalized spacial score (nSPS) is 23.0. The first-order valence-electron chi connectivity index (χ1n) is 5.61. The standard InChI is InChI=1S/C11H23NO3/c1-9(2)15-8-10(12)11(13-3)4-6-14-7-5-11/h9-10H,4-8,12H2,1-3H3. The molecule has 4 nitrogen and oxygen atoms in total. The zero-order valence-corrected chi connectivity index (χ0v) is 9.99. The maximum Gasteiger partial charge on any atom is 0.0895 e. The second kappa shape index (κ2) is 5.80. The van der Waals surface area contributed by atoms with Gasteiger partial charge in [-0.15, -0.1) is 0 Å². The van der Waals surface area contributed by atoms with Crippen molar-refractivity contribution in [1.29, 1.82) is 0 Å². The van der Waals surface area contributed by atoms with E-state index < -0.39 is 0 Å². The molecule has 1 aliphatic rings. The fraction of sp³-hybridized carbons (Fsp3) is 1.00. The highest BCUT2D eigenvalue weighted by Gasteiger charge is 2.38. The van der Waals surface area contributed by atoms with Crippen LogP contribution in [0, 0.1) is 0 Å². The van der Waals surface area contributed by atoms with Crippen molar-refractivity contribution in [2.24, 2.45) is 5.73 Å². The Bertz CT molecular complexity index is 179. The highest BCUT2D eigenvalue weighted by atomic mass is 16.5. The number of hydrogen-bond acceptors (Lipinski definition) is 4. The summed E-state index contributed by atoms with van der Waals surface area (Å²) in [5.74, 6) is 0. The maximum atomic E-state index is 6.14. The SMILES string of the molecule is COC1(C(N)COC(C)C)CCOCC1. The molecule has 0 spiro atoms. The first-order valence-corrected chi connectivity index (χ1v) is 5.61. The minimum absolute atomic E-state index is 0.0752. The Morgan fingerprint density at radius 3 is 2.40 bits per heavy atom. The second-order valence-corrected chi connectivity index (χ2v) is 4.37. The number of methoxy groups -OCH3 is 1. The molecule has 0 saturated carbocycles. The zero-order valence-electron chi connectivity index (χ0n) is 9.99. The fourth-order valence-electron chi connectivity index (χ4n) is 1.89. The molecule has 0 aromatic heterocycles. The van der Waals surface area contributed by atoms with Crippen LogP contribution >= 0.6 is 0 Å². The topological polar surface area (TPSA) is 53.7 Å². The molecule has 1 saturated heterocycles. The monoisotopic (exact) mass is 217 g/mol. The third-order valence-electron chi connectivity index (χ3n) is 3.03. The van der Waals surface area contributed by atoms with Gasteiger partial charge in [0.1, 0.15) is 0 Å². The van der Waals surface area contributed by atoms with E-state index in [0.717, 1.165) is 26.1 Å². The molecule has 1 rings (SSSR count). The molecule has 0 bridgehead atoms. The van der Waals surface area contributed by atoms with E-state index in [-0.39, 0.29) is 17.7 Å². The fourth-order valence-corrected chi connectivity index (χ4v) is 1.89. The van der Waals surface area contributed by atoms with Crippen LogP contribution in [0.5, 0.6) is 0 Å². The van der Waals surface area contributed by atoms with Gasteiger partial charge >= 0.3 is 0 Å². The average molecular weight is 217 g/mol. The van der Waals surface area contributed by atoms with Crippen LogP contribution in [-0.2, 0) is 14.2 Å². The van der Waals surface area contributed by atoms with Gasteiger partial charge in [-0.25, -0.2) is 0 Å². The van der Waals surface area contributed by atoms with Crippen LogP contribution in [0.4, 0.5) is 0 Å². The van der Waals surface area contributed by atoms with E-state index >= 15 is 0 Å². The predicted octanol–water partition coefficient (Wildman–Crippen LogP) is 0.934. The van der Waals surface area contributed by atoms with Gasteiger partial charge in [0.05, 0.1) is 24.4 Å². The second-order valence-electron chi connectivity index (χ2n) is 4.37. The summed E-state index contributed by atoms with van der Waals surface area (Å²) in [5, 5.41) is 0. The van der Waals surface area contributed by atoms with Gasteiger partial charge in [-0.2, -0.15) is 0 Å². The minimum atomic E-state index is -0.257. The maximum absolute atomic E-state index is 6.14. The predicted molar refractivity (Wildman–Crippen MR) is 58.9 cm³/mol. The number of hydrogen-bond donors (Lipinski definition) is 1. The van der Waals surface area contributed by atoms with E-state index in [2.05, 4.69) is 0 Å². The molecule has 1 heterocycles. The first-order chi connectivity index (χ1) is 7.10. The molecule has 1 fully saturated rings. The Labute approximate surface area is 92.1 Å². The van der Waals surface area contributed by atoms with Crippen molar-refractivity contribution in [1.82, 2.24) is 0 Å². The van der Waals surface area contributed by atoms with Gasteiger partial charge in [0.2, 0.25) is 0 Å². The van der Waals surface area contributed by atoms with Crippen LogP contribution in [0.2, 0.25) is 0 Å². The summed E-state index contributed by atoms with van der Waals surface area (Å²) in [6, 6.07) is -0.0752. The molecular formula is C11H23NO3. The van der Waals surface area contributed by atoms with Crippen molar-refractivity contribution < 1.29 is 14.2 Å². The largest absolute Gasteiger partial charge is 0.381 e. The summed E-state index contributed by atoms with van der Waals surface area (Å²) in [4.78, 5) is 0. The molecule has 0 amide bonds. The van der Waals surface area contributed by atoms with E-state index in [0.29, 0.717) is 6.61 Å². The van der Waals surface area contributed by atoms with Gasteiger partial charge in [-0.05, 0) is 13.8 Å². The molecule has 90 valence electrons. The molecule has 0 radical (unpaired) electrons. The smallest absolute Gasteiger partial charge is 0.0895 e. The molecular weight excluding hydrogens is 194 g/mol.